The molecule has 0 bridgehead atoms. The number of nitrogens with one attached hydrogen (secondary N) is 2. The first-order valence-corrected chi connectivity index (χ1v) is 6.64. The lowest BCUT2D eigenvalue weighted by atomic mass is 10.4. The van der Waals surface area contributed by atoms with Crippen molar-refractivity contribution in [2.75, 3.05) is 31.9 Å². The molecule has 0 atom stereocenters. The standard InChI is InChI=1S/C9H17N5O2S/c1-10-4-3-5-14(2)17(15,16)13-9-6-11-8-12-7-9/h6-8,10,13H,3-5H2,1-2H3. The molecule has 1 heterocycles. The van der Waals surface area contributed by atoms with Crippen LogP contribution in [0.1, 0.15) is 6.42 Å². The molecule has 0 aliphatic heterocycles. The molecule has 0 fully saturated rings. The maximum absolute atomic E-state index is 11.8. The fourth-order valence-electron chi connectivity index (χ4n) is 1.18. The van der Waals surface area contributed by atoms with Crippen LogP contribution in [0, 0.1) is 0 Å². The van der Waals surface area contributed by atoms with Gasteiger partial charge in [0.1, 0.15) is 6.33 Å². The van der Waals surface area contributed by atoms with Gasteiger partial charge in [0.05, 0.1) is 18.1 Å². The summed E-state index contributed by atoms with van der Waals surface area (Å²) in [5.41, 5.74) is 0.355. The Kier molecular flexibility index (Phi) is 5.26. The van der Waals surface area contributed by atoms with Gasteiger partial charge in [0, 0.05) is 13.6 Å². The molecule has 0 saturated heterocycles. The molecule has 0 aliphatic rings. The van der Waals surface area contributed by atoms with E-state index < -0.39 is 10.2 Å². The molecular formula is C9H17N5O2S. The molecule has 0 unspecified atom stereocenters. The number of hydrogen-bond acceptors (Lipinski definition) is 5. The van der Waals surface area contributed by atoms with Crippen LogP contribution in [0.15, 0.2) is 18.7 Å². The van der Waals surface area contributed by atoms with Crippen molar-refractivity contribution >= 4 is 15.9 Å². The molecule has 0 spiro atoms. The average molecular weight is 259 g/mol. The van der Waals surface area contributed by atoms with Crippen molar-refractivity contribution in [2.24, 2.45) is 0 Å². The highest BCUT2D eigenvalue weighted by Crippen LogP contribution is 2.07. The van der Waals surface area contributed by atoms with Gasteiger partial charge in [0.25, 0.3) is 0 Å². The second-order valence-electron chi connectivity index (χ2n) is 3.51. The Morgan fingerprint density at radius 2 is 2.00 bits per heavy atom. The summed E-state index contributed by atoms with van der Waals surface area (Å²) in [6.45, 7) is 1.22. The van der Waals surface area contributed by atoms with E-state index in [4.69, 9.17) is 0 Å². The molecule has 1 aromatic heterocycles. The van der Waals surface area contributed by atoms with Crippen LogP contribution >= 0.6 is 0 Å². The summed E-state index contributed by atoms with van der Waals surface area (Å²) in [5.74, 6) is 0. The van der Waals surface area contributed by atoms with Crippen LogP contribution in [0.25, 0.3) is 0 Å². The summed E-state index contributed by atoms with van der Waals surface area (Å²) in [7, 11) is -0.161. The zero-order valence-corrected chi connectivity index (χ0v) is 10.7. The second kappa shape index (κ2) is 6.48. The Balaban J connectivity index is 2.56. The molecule has 1 rings (SSSR count). The van der Waals surface area contributed by atoms with Gasteiger partial charge < -0.3 is 5.32 Å². The third kappa shape index (κ3) is 4.63. The van der Waals surface area contributed by atoms with Crippen molar-refractivity contribution < 1.29 is 8.42 Å². The van der Waals surface area contributed by atoms with Crippen molar-refractivity contribution in [2.45, 2.75) is 6.42 Å². The molecule has 0 aromatic carbocycles. The Bertz CT molecular complexity index is 422. The number of aromatic nitrogens is 2. The fraction of sp³-hybridized carbons (Fsp3) is 0.556. The smallest absolute Gasteiger partial charge is 0.301 e. The molecule has 1 aromatic rings. The fourth-order valence-corrected chi connectivity index (χ4v) is 2.11. The van der Waals surface area contributed by atoms with Crippen molar-refractivity contribution in [3.05, 3.63) is 18.7 Å². The van der Waals surface area contributed by atoms with Gasteiger partial charge in [-0.05, 0) is 20.0 Å². The van der Waals surface area contributed by atoms with E-state index in [1.165, 1.54) is 30.1 Å². The Hall–Kier alpha value is -1.25. The number of hydrogen-bond donors (Lipinski definition) is 2. The molecule has 0 radical (unpaired) electrons. The monoisotopic (exact) mass is 259 g/mol. The first kappa shape index (κ1) is 13.8. The third-order valence-corrected chi connectivity index (χ3v) is 3.61. The minimum absolute atomic E-state index is 0.355. The van der Waals surface area contributed by atoms with Gasteiger partial charge in [0.15, 0.2) is 0 Å². The predicted octanol–water partition coefficient (Wildman–Crippen LogP) is -0.325. The Morgan fingerprint density at radius 3 is 2.59 bits per heavy atom. The van der Waals surface area contributed by atoms with Gasteiger partial charge in [-0.1, -0.05) is 0 Å². The lowest BCUT2D eigenvalue weighted by Gasteiger charge is -2.17. The van der Waals surface area contributed by atoms with E-state index in [9.17, 15) is 8.42 Å². The zero-order valence-electron chi connectivity index (χ0n) is 9.92. The van der Waals surface area contributed by atoms with Crippen molar-refractivity contribution in [3.8, 4) is 0 Å². The van der Waals surface area contributed by atoms with E-state index in [2.05, 4.69) is 20.0 Å². The molecule has 17 heavy (non-hydrogen) atoms. The van der Waals surface area contributed by atoms with Crippen LogP contribution in [-0.2, 0) is 10.2 Å². The first-order valence-electron chi connectivity index (χ1n) is 5.20. The van der Waals surface area contributed by atoms with Gasteiger partial charge in [-0.3, -0.25) is 4.72 Å². The van der Waals surface area contributed by atoms with Crippen molar-refractivity contribution in [1.82, 2.24) is 19.6 Å². The van der Waals surface area contributed by atoms with E-state index in [0.29, 0.717) is 12.2 Å². The molecule has 0 saturated carbocycles. The second-order valence-corrected chi connectivity index (χ2v) is 5.29. The average Bonchev–Trinajstić information content (AvgIpc) is 2.30. The number of anilines is 1. The highest BCUT2D eigenvalue weighted by molar-refractivity contribution is 7.90. The maximum atomic E-state index is 11.8. The van der Waals surface area contributed by atoms with Crippen LogP contribution in [0.4, 0.5) is 5.69 Å². The van der Waals surface area contributed by atoms with E-state index in [1.54, 1.807) is 0 Å². The molecule has 0 amide bonds. The normalized spacial score (nSPS) is 11.7. The molecule has 2 N–H and O–H groups in total. The summed E-state index contributed by atoms with van der Waals surface area (Å²) in [4.78, 5) is 7.47. The lowest BCUT2D eigenvalue weighted by Crippen LogP contribution is -2.34. The third-order valence-electron chi connectivity index (χ3n) is 2.12. The molecular weight excluding hydrogens is 242 g/mol. The van der Waals surface area contributed by atoms with E-state index >= 15 is 0 Å². The first-order chi connectivity index (χ1) is 8.06. The molecule has 0 aliphatic carbocycles. The SMILES string of the molecule is CNCCCN(C)S(=O)(=O)Nc1cncnc1. The summed E-state index contributed by atoms with van der Waals surface area (Å²) in [6.07, 6.45) is 4.91. The van der Waals surface area contributed by atoms with Crippen LogP contribution < -0.4 is 10.0 Å². The Labute approximate surface area is 101 Å². The van der Waals surface area contributed by atoms with Gasteiger partial charge in [-0.25, -0.2) is 9.97 Å². The zero-order chi connectivity index (χ0) is 12.7. The van der Waals surface area contributed by atoms with Crippen LogP contribution in [0.5, 0.6) is 0 Å². The highest BCUT2D eigenvalue weighted by atomic mass is 32.2. The van der Waals surface area contributed by atoms with Gasteiger partial charge >= 0.3 is 10.2 Å². The van der Waals surface area contributed by atoms with E-state index in [0.717, 1.165) is 13.0 Å². The number of rotatable bonds is 7. The van der Waals surface area contributed by atoms with Gasteiger partial charge in [-0.15, -0.1) is 0 Å². The van der Waals surface area contributed by atoms with Crippen LogP contribution in [0.3, 0.4) is 0 Å². The summed E-state index contributed by atoms with van der Waals surface area (Å²) in [5, 5.41) is 2.96. The van der Waals surface area contributed by atoms with Crippen molar-refractivity contribution in [1.29, 1.82) is 0 Å². The number of nitrogens with zero attached hydrogens (tertiary/aromatic N) is 3. The van der Waals surface area contributed by atoms with Crippen molar-refractivity contribution in [3.63, 3.8) is 0 Å². The predicted molar refractivity (Wildman–Crippen MR) is 65.7 cm³/mol. The van der Waals surface area contributed by atoms with Crippen LogP contribution in [0.2, 0.25) is 0 Å². The summed E-state index contributed by atoms with van der Waals surface area (Å²) >= 11 is 0. The van der Waals surface area contributed by atoms with Gasteiger partial charge in [0.2, 0.25) is 0 Å². The van der Waals surface area contributed by atoms with E-state index in [1.807, 2.05) is 7.05 Å². The summed E-state index contributed by atoms with van der Waals surface area (Å²) < 4.78 is 27.3. The topological polar surface area (TPSA) is 87.2 Å². The summed E-state index contributed by atoms with van der Waals surface area (Å²) in [6, 6.07) is 0. The van der Waals surface area contributed by atoms with E-state index in [-0.39, 0.29) is 0 Å². The highest BCUT2D eigenvalue weighted by Gasteiger charge is 2.16. The molecule has 7 nitrogen and oxygen atoms in total. The molecule has 96 valence electrons. The largest absolute Gasteiger partial charge is 0.320 e. The minimum atomic E-state index is -3.52. The Morgan fingerprint density at radius 1 is 1.35 bits per heavy atom. The van der Waals surface area contributed by atoms with Gasteiger partial charge in [-0.2, -0.15) is 12.7 Å². The molecule has 8 heteroatoms. The minimum Gasteiger partial charge on any atom is -0.320 e. The maximum Gasteiger partial charge on any atom is 0.301 e. The van der Waals surface area contributed by atoms with Crippen LogP contribution in [-0.4, -0.2) is 49.9 Å². The quantitative estimate of drug-likeness (QED) is 0.655. The lowest BCUT2D eigenvalue weighted by molar-refractivity contribution is 0.462.